The maximum absolute atomic E-state index is 13.0. The molecule has 8 nitrogen and oxygen atoms in total. The van der Waals surface area contributed by atoms with Gasteiger partial charge < -0.3 is 10.2 Å². The van der Waals surface area contributed by atoms with Crippen molar-refractivity contribution in [3.05, 3.63) is 17.1 Å². The number of likely N-dealkylation sites (tertiary alicyclic amines) is 1. The van der Waals surface area contributed by atoms with Crippen LogP contribution in [0.15, 0.2) is 0 Å². The summed E-state index contributed by atoms with van der Waals surface area (Å²) in [5.74, 6) is 1.71. The molecule has 1 aromatic heterocycles. The maximum Gasteiger partial charge on any atom is 0.219 e. The fourth-order valence-electron chi connectivity index (χ4n) is 4.89. The number of nitrogens with zero attached hydrogens (tertiary/aromatic N) is 4. The molecule has 0 unspecified atom stereocenters. The number of piperidine rings is 1. The van der Waals surface area contributed by atoms with Crippen LogP contribution in [0.3, 0.4) is 0 Å². The molecule has 1 aliphatic carbocycles. The molecule has 1 atom stereocenters. The number of hydrogen-bond acceptors (Lipinski definition) is 6. The molecule has 160 valence electrons. The van der Waals surface area contributed by atoms with Crippen molar-refractivity contribution in [1.82, 2.24) is 19.2 Å². The largest absolute Gasteiger partial charge is 0.373 e. The van der Waals surface area contributed by atoms with Gasteiger partial charge in [0.25, 0.3) is 0 Å². The van der Waals surface area contributed by atoms with E-state index in [0.29, 0.717) is 26.1 Å². The van der Waals surface area contributed by atoms with Crippen LogP contribution >= 0.6 is 0 Å². The van der Waals surface area contributed by atoms with Crippen molar-refractivity contribution < 1.29 is 13.2 Å². The van der Waals surface area contributed by atoms with Crippen LogP contribution in [0.5, 0.6) is 0 Å². The highest BCUT2D eigenvalue weighted by Gasteiger charge is 2.37. The minimum absolute atomic E-state index is 0.0919. The Bertz CT molecular complexity index is 865. The summed E-state index contributed by atoms with van der Waals surface area (Å²) in [6.45, 7) is 3.88. The Balaban J connectivity index is 1.58. The molecule has 0 radical (unpaired) electrons. The van der Waals surface area contributed by atoms with E-state index in [1.807, 2.05) is 11.9 Å². The number of hydrogen-bond donors (Lipinski definition) is 1. The molecule has 4 rings (SSSR count). The Morgan fingerprint density at radius 3 is 2.55 bits per heavy atom. The molecular formula is C20H31N5O3S. The minimum Gasteiger partial charge on any atom is -0.373 e. The zero-order valence-corrected chi connectivity index (χ0v) is 18.2. The molecule has 0 aromatic carbocycles. The maximum atomic E-state index is 13.0. The zero-order chi connectivity index (χ0) is 20.6. The Kier molecular flexibility index (Phi) is 5.79. The number of sulfonamides is 1. The van der Waals surface area contributed by atoms with Crippen molar-refractivity contribution in [1.29, 1.82) is 0 Å². The van der Waals surface area contributed by atoms with E-state index in [4.69, 9.17) is 9.97 Å². The van der Waals surface area contributed by atoms with Crippen LogP contribution in [0.25, 0.3) is 0 Å². The lowest BCUT2D eigenvalue weighted by Gasteiger charge is -2.33. The molecule has 1 amide bonds. The van der Waals surface area contributed by atoms with Gasteiger partial charge in [-0.1, -0.05) is 12.8 Å². The number of aromatic nitrogens is 2. The summed E-state index contributed by atoms with van der Waals surface area (Å²) in [6, 6.07) is 0. The predicted octanol–water partition coefficient (Wildman–Crippen LogP) is 1.87. The van der Waals surface area contributed by atoms with Gasteiger partial charge in [0.1, 0.15) is 11.6 Å². The first-order valence-electron chi connectivity index (χ1n) is 10.7. The number of rotatable bonds is 4. The quantitative estimate of drug-likeness (QED) is 0.797. The summed E-state index contributed by atoms with van der Waals surface area (Å²) in [5, 5.41) is 2.92. The van der Waals surface area contributed by atoms with Gasteiger partial charge in [0.05, 0.1) is 10.9 Å². The van der Waals surface area contributed by atoms with Crippen LogP contribution in [0.1, 0.15) is 68.4 Å². The summed E-state index contributed by atoms with van der Waals surface area (Å²) < 4.78 is 27.7. The Hall–Kier alpha value is -1.74. The number of carbonyl (C=O) groups is 1. The van der Waals surface area contributed by atoms with Gasteiger partial charge in [0.2, 0.25) is 15.9 Å². The van der Waals surface area contributed by atoms with Gasteiger partial charge in [0.15, 0.2) is 0 Å². The molecule has 0 spiro atoms. The predicted molar refractivity (Wildman–Crippen MR) is 111 cm³/mol. The van der Waals surface area contributed by atoms with Crippen molar-refractivity contribution in [3.63, 3.8) is 0 Å². The summed E-state index contributed by atoms with van der Waals surface area (Å²) in [6.07, 6.45) is 6.07. The normalized spacial score (nSPS) is 23.8. The lowest BCUT2D eigenvalue weighted by atomic mass is 9.96. The average molecular weight is 422 g/mol. The van der Waals surface area contributed by atoms with Crippen molar-refractivity contribution in [3.8, 4) is 0 Å². The minimum atomic E-state index is -3.27. The van der Waals surface area contributed by atoms with Crippen molar-refractivity contribution in [2.24, 2.45) is 0 Å². The van der Waals surface area contributed by atoms with Gasteiger partial charge in [-0.05, 0) is 25.7 Å². The highest BCUT2D eigenvalue weighted by molar-refractivity contribution is 7.89. The smallest absolute Gasteiger partial charge is 0.219 e. The van der Waals surface area contributed by atoms with Crippen LogP contribution < -0.4 is 5.32 Å². The number of amides is 1. The zero-order valence-electron chi connectivity index (χ0n) is 17.4. The van der Waals surface area contributed by atoms with E-state index in [0.717, 1.165) is 68.0 Å². The number of fused-ring (bicyclic) bond motifs is 1. The van der Waals surface area contributed by atoms with Gasteiger partial charge in [-0.25, -0.2) is 18.4 Å². The molecule has 3 aliphatic rings. The SMILES string of the molecule is CNc1nc([C@@H]2CCCN(C(C)=O)C2)nc2c1CN(S(=O)(=O)C1CCCC1)CC2. The third-order valence-electron chi connectivity index (χ3n) is 6.59. The Labute approximate surface area is 173 Å². The lowest BCUT2D eigenvalue weighted by Crippen LogP contribution is -2.42. The van der Waals surface area contributed by atoms with Crippen molar-refractivity contribution in [2.45, 2.75) is 69.6 Å². The van der Waals surface area contributed by atoms with Crippen LogP contribution in [-0.2, 0) is 27.8 Å². The van der Waals surface area contributed by atoms with E-state index >= 15 is 0 Å². The summed E-state index contributed by atoms with van der Waals surface area (Å²) >= 11 is 0. The Morgan fingerprint density at radius 2 is 1.86 bits per heavy atom. The highest BCUT2D eigenvalue weighted by Crippen LogP contribution is 2.33. The number of carbonyl (C=O) groups excluding carboxylic acids is 1. The van der Waals surface area contributed by atoms with Gasteiger partial charge in [0, 0.05) is 58.1 Å². The first kappa shape index (κ1) is 20.5. The summed E-state index contributed by atoms with van der Waals surface area (Å²) in [5.41, 5.74) is 1.83. The molecule has 1 saturated carbocycles. The first-order valence-corrected chi connectivity index (χ1v) is 12.2. The van der Waals surface area contributed by atoms with Gasteiger partial charge >= 0.3 is 0 Å². The van der Waals surface area contributed by atoms with Crippen LogP contribution in [0.2, 0.25) is 0 Å². The molecule has 3 heterocycles. The Morgan fingerprint density at radius 1 is 1.10 bits per heavy atom. The molecule has 1 saturated heterocycles. The standard InChI is InChI=1S/C20H31N5O3S/c1-14(26)24-10-5-6-15(12-24)19-22-18-9-11-25(13-17(18)20(21-2)23-19)29(27,28)16-7-3-4-8-16/h15-16H,3-13H2,1-2H3,(H,21,22,23)/t15-/m1/s1. The lowest BCUT2D eigenvalue weighted by molar-refractivity contribution is -0.130. The van der Waals surface area contributed by atoms with E-state index in [1.54, 1.807) is 11.2 Å². The van der Waals surface area contributed by atoms with Gasteiger partial charge in [-0.2, -0.15) is 4.31 Å². The van der Waals surface area contributed by atoms with E-state index < -0.39 is 10.0 Å². The third kappa shape index (κ3) is 3.99. The van der Waals surface area contributed by atoms with Gasteiger partial charge in [-0.15, -0.1) is 0 Å². The summed E-state index contributed by atoms with van der Waals surface area (Å²) in [4.78, 5) is 23.2. The van der Waals surface area contributed by atoms with E-state index in [1.165, 1.54) is 0 Å². The second-order valence-electron chi connectivity index (χ2n) is 8.44. The fraction of sp³-hybridized carbons (Fsp3) is 0.750. The van der Waals surface area contributed by atoms with Crippen LogP contribution in [-0.4, -0.2) is 65.4 Å². The third-order valence-corrected chi connectivity index (χ3v) is 8.94. The second-order valence-corrected chi connectivity index (χ2v) is 10.7. The fourth-order valence-corrected chi connectivity index (χ4v) is 6.89. The molecular weight excluding hydrogens is 390 g/mol. The molecule has 0 bridgehead atoms. The topological polar surface area (TPSA) is 95.5 Å². The van der Waals surface area contributed by atoms with Crippen LogP contribution in [0.4, 0.5) is 5.82 Å². The molecule has 2 fully saturated rings. The van der Waals surface area contributed by atoms with Crippen LogP contribution in [0, 0.1) is 0 Å². The molecule has 29 heavy (non-hydrogen) atoms. The molecule has 1 N–H and O–H groups in total. The number of nitrogens with one attached hydrogen (secondary N) is 1. The molecule has 9 heteroatoms. The van der Waals surface area contributed by atoms with E-state index in [9.17, 15) is 13.2 Å². The highest BCUT2D eigenvalue weighted by atomic mass is 32.2. The monoisotopic (exact) mass is 421 g/mol. The van der Waals surface area contributed by atoms with Crippen molar-refractivity contribution >= 4 is 21.7 Å². The van der Waals surface area contributed by atoms with E-state index in [2.05, 4.69) is 5.32 Å². The molecule has 2 aliphatic heterocycles. The first-order chi connectivity index (χ1) is 13.9. The summed E-state index contributed by atoms with van der Waals surface area (Å²) in [7, 11) is -1.45. The van der Waals surface area contributed by atoms with E-state index in [-0.39, 0.29) is 17.1 Å². The van der Waals surface area contributed by atoms with Gasteiger partial charge in [-0.3, -0.25) is 4.79 Å². The average Bonchev–Trinajstić information content (AvgIpc) is 3.28. The second kappa shape index (κ2) is 8.18. The van der Waals surface area contributed by atoms with Crippen molar-refractivity contribution in [2.75, 3.05) is 32.0 Å². The number of anilines is 1. The molecule has 1 aromatic rings.